The predicted octanol–water partition coefficient (Wildman–Crippen LogP) is 3.64. The number of dihydropyridines is 1. The summed E-state index contributed by atoms with van der Waals surface area (Å²) in [6, 6.07) is 7.19. The van der Waals surface area contributed by atoms with Crippen molar-refractivity contribution in [1.29, 1.82) is 0 Å². The second-order valence-corrected chi connectivity index (χ2v) is 7.31. The molecule has 3 rings (SSSR count). The number of aliphatic carboxylic acids is 1. The first-order chi connectivity index (χ1) is 10.8. The van der Waals surface area contributed by atoms with Gasteiger partial charge in [-0.05, 0) is 35.6 Å². The van der Waals surface area contributed by atoms with Gasteiger partial charge in [-0.15, -0.1) is 0 Å². The zero-order valence-corrected chi connectivity index (χ0v) is 13.8. The van der Waals surface area contributed by atoms with E-state index in [1.165, 1.54) is 0 Å². The summed E-state index contributed by atoms with van der Waals surface area (Å²) in [6.45, 7) is 4.04. The van der Waals surface area contributed by atoms with Crippen molar-refractivity contribution < 1.29 is 14.7 Å². The lowest BCUT2D eigenvalue weighted by Gasteiger charge is -2.37. The standard InChI is InChI=1S/C18H18ClNO3/c1-18(2)8-14-16(15(21)9-18)12(7-13(20-14)17(22)23)10-3-5-11(19)6-4-10/h3-7,12,20H,8-9H2,1-2H3,(H,22,23)/t12-/m0/s1. The van der Waals surface area contributed by atoms with Gasteiger partial charge in [-0.25, -0.2) is 4.79 Å². The van der Waals surface area contributed by atoms with Crippen LogP contribution in [0.3, 0.4) is 0 Å². The number of halogens is 1. The molecule has 0 saturated heterocycles. The Morgan fingerprint density at radius 3 is 2.52 bits per heavy atom. The lowest BCUT2D eigenvalue weighted by molar-refractivity contribution is -0.133. The van der Waals surface area contributed by atoms with E-state index in [-0.39, 0.29) is 22.8 Å². The highest BCUT2D eigenvalue weighted by atomic mass is 35.5. The Kier molecular flexibility index (Phi) is 3.80. The van der Waals surface area contributed by atoms with Crippen LogP contribution in [-0.4, -0.2) is 16.9 Å². The van der Waals surface area contributed by atoms with Crippen LogP contribution in [0.2, 0.25) is 5.02 Å². The summed E-state index contributed by atoms with van der Waals surface area (Å²) in [4.78, 5) is 24.1. The van der Waals surface area contributed by atoms with E-state index in [0.717, 1.165) is 11.3 Å². The number of carboxylic acids is 1. The Morgan fingerprint density at radius 2 is 1.91 bits per heavy atom. The van der Waals surface area contributed by atoms with Crippen LogP contribution in [0.25, 0.3) is 0 Å². The normalized spacial score (nSPS) is 23.0. The van der Waals surface area contributed by atoms with Gasteiger partial charge < -0.3 is 10.4 Å². The molecule has 2 N–H and O–H groups in total. The number of Topliss-reactive ketones (excluding diaryl/α,β-unsaturated/α-hetero) is 1. The van der Waals surface area contributed by atoms with Crippen molar-refractivity contribution in [3.05, 3.63) is 57.9 Å². The highest BCUT2D eigenvalue weighted by Crippen LogP contribution is 2.43. The first kappa shape index (κ1) is 15.8. The molecule has 0 saturated carbocycles. The quantitative estimate of drug-likeness (QED) is 0.868. The molecule has 0 amide bonds. The van der Waals surface area contributed by atoms with Crippen molar-refractivity contribution in [2.24, 2.45) is 5.41 Å². The number of carbonyl (C=O) groups excluding carboxylic acids is 1. The molecule has 0 fully saturated rings. The van der Waals surface area contributed by atoms with E-state index in [1.54, 1.807) is 18.2 Å². The van der Waals surface area contributed by atoms with Gasteiger partial charge in [0.1, 0.15) is 5.70 Å². The molecule has 1 aliphatic heterocycles. The van der Waals surface area contributed by atoms with E-state index in [2.05, 4.69) is 5.32 Å². The number of allylic oxidation sites excluding steroid dienone is 3. The zero-order chi connectivity index (χ0) is 16.8. The summed E-state index contributed by atoms with van der Waals surface area (Å²) in [5.74, 6) is -1.30. The molecule has 23 heavy (non-hydrogen) atoms. The van der Waals surface area contributed by atoms with Crippen molar-refractivity contribution in [3.63, 3.8) is 0 Å². The highest BCUT2D eigenvalue weighted by molar-refractivity contribution is 6.30. The molecule has 1 aromatic carbocycles. The van der Waals surface area contributed by atoms with E-state index in [9.17, 15) is 14.7 Å². The number of benzene rings is 1. The van der Waals surface area contributed by atoms with Crippen LogP contribution in [0.5, 0.6) is 0 Å². The minimum Gasteiger partial charge on any atom is -0.477 e. The molecule has 1 aromatic rings. The Labute approximate surface area is 139 Å². The molecular formula is C18H18ClNO3. The maximum absolute atomic E-state index is 12.7. The molecule has 1 atom stereocenters. The number of ketones is 1. The van der Waals surface area contributed by atoms with E-state index in [0.29, 0.717) is 23.4 Å². The maximum atomic E-state index is 12.7. The highest BCUT2D eigenvalue weighted by Gasteiger charge is 2.39. The summed E-state index contributed by atoms with van der Waals surface area (Å²) in [5, 5.41) is 12.9. The molecule has 0 aromatic heterocycles. The third-order valence-electron chi connectivity index (χ3n) is 4.31. The van der Waals surface area contributed by atoms with E-state index in [4.69, 9.17) is 11.6 Å². The predicted molar refractivity (Wildman–Crippen MR) is 88.1 cm³/mol. The third-order valence-corrected chi connectivity index (χ3v) is 4.56. The maximum Gasteiger partial charge on any atom is 0.351 e. The smallest absolute Gasteiger partial charge is 0.351 e. The van der Waals surface area contributed by atoms with Crippen molar-refractivity contribution in [2.45, 2.75) is 32.6 Å². The lowest BCUT2D eigenvalue weighted by Crippen LogP contribution is -2.37. The topological polar surface area (TPSA) is 66.4 Å². The molecule has 0 bridgehead atoms. The number of rotatable bonds is 2. The summed E-state index contributed by atoms with van der Waals surface area (Å²) >= 11 is 5.93. The number of carboxylic acid groups (broad SMARTS) is 1. The van der Waals surface area contributed by atoms with Crippen LogP contribution >= 0.6 is 11.6 Å². The molecule has 1 aliphatic carbocycles. The van der Waals surface area contributed by atoms with E-state index >= 15 is 0 Å². The van der Waals surface area contributed by atoms with Gasteiger partial charge in [-0.1, -0.05) is 37.6 Å². The summed E-state index contributed by atoms with van der Waals surface area (Å²) in [6.07, 6.45) is 2.73. The van der Waals surface area contributed by atoms with E-state index in [1.807, 2.05) is 26.0 Å². The SMILES string of the molecule is CC1(C)CC(=O)C2=C(C1)NC(C(=O)O)=C[C@H]2c1ccc(Cl)cc1. The lowest BCUT2D eigenvalue weighted by atomic mass is 9.70. The molecule has 120 valence electrons. The van der Waals surface area contributed by atoms with Gasteiger partial charge in [-0.3, -0.25) is 4.79 Å². The molecule has 0 spiro atoms. The summed E-state index contributed by atoms with van der Waals surface area (Å²) < 4.78 is 0. The molecule has 4 nitrogen and oxygen atoms in total. The first-order valence-corrected chi connectivity index (χ1v) is 7.88. The van der Waals surface area contributed by atoms with Gasteiger partial charge in [0, 0.05) is 28.6 Å². The van der Waals surface area contributed by atoms with Crippen molar-refractivity contribution in [3.8, 4) is 0 Å². The number of carbonyl (C=O) groups is 2. The van der Waals surface area contributed by atoms with Crippen LogP contribution in [0.1, 0.15) is 38.2 Å². The first-order valence-electron chi connectivity index (χ1n) is 7.51. The Balaban J connectivity index is 2.11. The van der Waals surface area contributed by atoms with Crippen molar-refractivity contribution in [1.82, 2.24) is 5.32 Å². The fraction of sp³-hybridized carbons (Fsp3) is 0.333. The van der Waals surface area contributed by atoms with Gasteiger partial charge in [-0.2, -0.15) is 0 Å². The third kappa shape index (κ3) is 3.04. The van der Waals surface area contributed by atoms with Crippen molar-refractivity contribution in [2.75, 3.05) is 0 Å². The van der Waals surface area contributed by atoms with Gasteiger partial charge in [0.25, 0.3) is 0 Å². The Morgan fingerprint density at radius 1 is 1.26 bits per heavy atom. The molecular weight excluding hydrogens is 314 g/mol. The number of nitrogens with one attached hydrogen (secondary N) is 1. The van der Waals surface area contributed by atoms with Gasteiger partial charge in [0.15, 0.2) is 5.78 Å². The minimum absolute atomic E-state index is 0.0735. The monoisotopic (exact) mass is 331 g/mol. The number of hydrogen-bond acceptors (Lipinski definition) is 3. The molecule has 2 aliphatic rings. The van der Waals surface area contributed by atoms with Crippen LogP contribution in [0.15, 0.2) is 47.3 Å². The fourth-order valence-corrected chi connectivity index (χ4v) is 3.45. The Bertz CT molecular complexity index is 744. The average Bonchev–Trinajstić information content (AvgIpc) is 2.45. The van der Waals surface area contributed by atoms with Crippen LogP contribution in [-0.2, 0) is 9.59 Å². The minimum atomic E-state index is -1.02. The van der Waals surface area contributed by atoms with Crippen molar-refractivity contribution >= 4 is 23.4 Å². The summed E-state index contributed by atoms with van der Waals surface area (Å²) in [5.41, 5.74) is 2.22. The average molecular weight is 332 g/mol. The summed E-state index contributed by atoms with van der Waals surface area (Å²) in [7, 11) is 0. The van der Waals surface area contributed by atoms with Gasteiger partial charge >= 0.3 is 5.97 Å². The molecule has 0 unspecified atom stereocenters. The number of hydrogen-bond donors (Lipinski definition) is 2. The fourth-order valence-electron chi connectivity index (χ4n) is 3.32. The van der Waals surface area contributed by atoms with Crippen LogP contribution in [0, 0.1) is 5.41 Å². The second kappa shape index (κ2) is 5.53. The van der Waals surface area contributed by atoms with Gasteiger partial charge in [0.2, 0.25) is 0 Å². The molecule has 0 radical (unpaired) electrons. The van der Waals surface area contributed by atoms with Crippen LogP contribution < -0.4 is 5.32 Å². The van der Waals surface area contributed by atoms with Gasteiger partial charge in [0.05, 0.1) is 0 Å². The van der Waals surface area contributed by atoms with E-state index < -0.39 is 5.97 Å². The van der Waals surface area contributed by atoms with Crippen LogP contribution in [0.4, 0.5) is 0 Å². The molecule has 5 heteroatoms. The zero-order valence-electron chi connectivity index (χ0n) is 13.0. The Hall–Kier alpha value is -2.07. The molecule has 1 heterocycles. The second-order valence-electron chi connectivity index (χ2n) is 6.87. The largest absolute Gasteiger partial charge is 0.477 e.